The third-order valence-electron chi connectivity index (χ3n) is 3.75. The number of thiophene rings is 2. The summed E-state index contributed by atoms with van der Waals surface area (Å²) in [5.41, 5.74) is 1.01. The topological polar surface area (TPSA) is 43.4 Å². The van der Waals surface area contributed by atoms with Gasteiger partial charge in [-0.25, -0.2) is 0 Å². The van der Waals surface area contributed by atoms with E-state index in [1.54, 1.807) is 35.7 Å². The van der Waals surface area contributed by atoms with Crippen molar-refractivity contribution in [3.8, 4) is 0 Å². The molecule has 114 valence electrons. The first-order valence-electron chi connectivity index (χ1n) is 7.19. The molecule has 2 aromatic rings. The predicted octanol–water partition coefficient (Wildman–Crippen LogP) is 4.13. The lowest BCUT2D eigenvalue weighted by atomic mass is 9.77. The zero-order chi connectivity index (χ0) is 15.5. The summed E-state index contributed by atoms with van der Waals surface area (Å²) in [5.74, 6) is -1.41. The average molecular weight is 332 g/mol. The minimum absolute atomic E-state index is 0.131. The van der Waals surface area contributed by atoms with Gasteiger partial charge in [-0.15, -0.1) is 22.7 Å². The molecule has 2 atom stereocenters. The summed E-state index contributed by atoms with van der Waals surface area (Å²) in [6.07, 6.45) is 2.31. The fourth-order valence-corrected chi connectivity index (χ4v) is 4.41. The van der Waals surface area contributed by atoms with Gasteiger partial charge in [0.1, 0.15) is 5.92 Å². The third kappa shape index (κ3) is 2.91. The second-order valence-corrected chi connectivity index (χ2v) is 7.03. The molecule has 3 rings (SSSR count). The number of carbonyl (C=O) groups excluding carboxylic acids is 2. The number of allylic oxidation sites excluding steroid dienone is 2. The minimum Gasteiger partial charge on any atom is -0.465 e. The van der Waals surface area contributed by atoms with Crippen molar-refractivity contribution in [2.45, 2.75) is 19.3 Å². The summed E-state index contributed by atoms with van der Waals surface area (Å²) in [6.45, 7) is 2.06. The predicted molar refractivity (Wildman–Crippen MR) is 89.1 cm³/mol. The van der Waals surface area contributed by atoms with Gasteiger partial charge in [0.15, 0.2) is 5.78 Å². The molecule has 2 heterocycles. The van der Waals surface area contributed by atoms with Gasteiger partial charge in [0.05, 0.1) is 6.61 Å². The van der Waals surface area contributed by atoms with E-state index in [9.17, 15) is 9.59 Å². The van der Waals surface area contributed by atoms with E-state index in [2.05, 4.69) is 0 Å². The van der Waals surface area contributed by atoms with Crippen LogP contribution in [-0.4, -0.2) is 18.4 Å². The fraction of sp³-hybridized carbons (Fsp3) is 0.294. The third-order valence-corrected chi connectivity index (χ3v) is 5.70. The Bertz CT molecular complexity index is 684. The van der Waals surface area contributed by atoms with Crippen LogP contribution < -0.4 is 0 Å². The van der Waals surface area contributed by atoms with E-state index >= 15 is 0 Å². The first-order valence-corrected chi connectivity index (χ1v) is 8.95. The fourth-order valence-electron chi connectivity index (χ4n) is 2.79. The largest absolute Gasteiger partial charge is 0.465 e. The lowest BCUT2D eigenvalue weighted by Crippen LogP contribution is -2.33. The van der Waals surface area contributed by atoms with Gasteiger partial charge in [0, 0.05) is 15.7 Å². The second kappa shape index (κ2) is 6.58. The SMILES string of the molecule is CCOC(=O)C1C(=O)C=C(c2cccs2)CC1c1cccs1. The number of esters is 1. The Morgan fingerprint density at radius 2 is 2.05 bits per heavy atom. The van der Waals surface area contributed by atoms with Crippen molar-refractivity contribution in [1.29, 1.82) is 0 Å². The summed E-state index contributed by atoms with van der Waals surface area (Å²) in [6, 6.07) is 7.94. The molecule has 22 heavy (non-hydrogen) atoms. The quantitative estimate of drug-likeness (QED) is 0.624. The highest BCUT2D eigenvalue weighted by Gasteiger charge is 2.40. The lowest BCUT2D eigenvalue weighted by Gasteiger charge is -2.28. The Hall–Kier alpha value is -1.72. The highest BCUT2D eigenvalue weighted by atomic mass is 32.1. The molecule has 0 aliphatic heterocycles. The van der Waals surface area contributed by atoms with Crippen LogP contribution in [0.4, 0.5) is 0 Å². The van der Waals surface area contributed by atoms with Crippen molar-refractivity contribution < 1.29 is 14.3 Å². The molecular weight excluding hydrogens is 316 g/mol. The van der Waals surface area contributed by atoms with E-state index in [-0.39, 0.29) is 11.7 Å². The first kappa shape index (κ1) is 15.2. The summed E-state index contributed by atoms with van der Waals surface area (Å²) in [4.78, 5) is 27.0. The molecule has 0 saturated heterocycles. The monoisotopic (exact) mass is 332 g/mol. The Morgan fingerprint density at radius 3 is 2.68 bits per heavy atom. The van der Waals surface area contributed by atoms with Gasteiger partial charge in [-0.1, -0.05) is 12.1 Å². The van der Waals surface area contributed by atoms with Gasteiger partial charge in [-0.3, -0.25) is 9.59 Å². The van der Waals surface area contributed by atoms with Crippen LogP contribution in [0.5, 0.6) is 0 Å². The standard InChI is InChI=1S/C17H16O3S2/c1-2-20-17(19)16-12(15-6-4-8-22-15)9-11(10-13(16)18)14-5-3-7-21-14/h3-8,10,12,16H,2,9H2,1H3. The molecule has 1 aliphatic rings. The highest BCUT2D eigenvalue weighted by Crippen LogP contribution is 2.42. The molecule has 2 aromatic heterocycles. The number of rotatable bonds is 4. The van der Waals surface area contributed by atoms with Crippen molar-refractivity contribution in [3.63, 3.8) is 0 Å². The summed E-state index contributed by atoms with van der Waals surface area (Å²) >= 11 is 3.20. The van der Waals surface area contributed by atoms with Gasteiger partial charge in [-0.2, -0.15) is 0 Å². The van der Waals surface area contributed by atoms with E-state index in [1.165, 1.54) is 0 Å². The van der Waals surface area contributed by atoms with Gasteiger partial charge in [0.2, 0.25) is 0 Å². The molecule has 5 heteroatoms. The number of carbonyl (C=O) groups is 2. The lowest BCUT2D eigenvalue weighted by molar-refractivity contribution is -0.151. The van der Waals surface area contributed by atoms with Crippen LogP contribution in [0.1, 0.15) is 29.0 Å². The van der Waals surface area contributed by atoms with Crippen molar-refractivity contribution in [2.75, 3.05) is 6.61 Å². The maximum Gasteiger partial charge on any atom is 0.317 e. The molecule has 0 N–H and O–H groups in total. The van der Waals surface area contributed by atoms with Crippen LogP contribution in [0.3, 0.4) is 0 Å². The van der Waals surface area contributed by atoms with Crippen molar-refractivity contribution >= 4 is 40.0 Å². The molecule has 0 saturated carbocycles. The molecule has 0 radical (unpaired) electrons. The molecule has 0 bridgehead atoms. The molecule has 0 amide bonds. The van der Waals surface area contributed by atoms with Gasteiger partial charge in [0.25, 0.3) is 0 Å². The summed E-state index contributed by atoms with van der Waals surface area (Å²) in [7, 11) is 0. The Labute approximate surface area is 137 Å². The highest BCUT2D eigenvalue weighted by molar-refractivity contribution is 7.11. The number of hydrogen-bond donors (Lipinski definition) is 0. The maximum absolute atomic E-state index is 12.6. The molecule has 1 aliphatic carbocycles. The number of ether oxygens (including phenoxy) is 1. The van der Waals surface area contributed by atoms with E-state index in [0.29, 0.717) is 13.0 Å². The first-order chi connectivity index (χ1) is 10.7. The number of ketones is 1. The molecular formula is C17H16O3S2. The van der Waals surface area contributed by atoms with Crippen LogP contribution >= 0.6 is 22.7 Å². The molecule has 0 spiro atoms. The van der Waals surface area contributed by atoms with E-state index < -0.39 is 11.9 Å². The molecule has 0 fully saturated rings. The van der Waals surface area contributed by atoms with Gasteiger partial charge < -0.3 is 4.74 Å². The molecule has 0 aromatic carbocycles. The van der Waals surface area contributed by atoms with E-state index in [0.717, 1.165) is 15.3 Å². The Morgan fingerprint density at radius 1 is 1.27 bits per heavy atom. The zero-order valence-electron chi connectivity index (χ0n) is 12.2. The van der Waals surface area contributed by atoms with E-state index in [1.807, 2.05) is 35.0 Å². The molecule has 3 nitrogen and oxygen atoms in total. The van der Waals surface area contributed by atoms with E-state index in [4.69, 9.17) is 4.74 Å². The number of hydrogen-bond acceptors (Lipinski definition) is 5. The van der Waals surface area contributed by atoms with Crippen LogP contribution in [-0.2, 0) is 14.3 Å². The van der Waals surface area contributed by atoms with Crippen molar-refractivity contribution in [2.24, 2.45) is 5.92 Å². The van der Waals surface area contributed by atoms with Crippen molar-refractivity contribution in [3.05, 3.63) is 50.9 Å². The molecule has 2 unspecified atom stereocenters. The summed E-state index contributed by atoms with van der Waals surface area (Å²) < 4.78 is 5.12. The zero-order valence-corrected chi connectivity index (χ0v) is 13.8. The van der Waals surface area contributed by atoms with Crippen molar-refractivity contribution in [1.82, 2.24) is 0 Å². The van der Waals surface area contributed by atoms with Crippen LogP contribution in [0.2, 0.25) is 0 Å². The van der Waals surface area contributed by atoms with Crippen LogP contribution in [0.15, 0.2) is 41.1 Å². The normalized spacial score (nSPS) is 21.5. The Balaban J connectivity index is 1.98. The smallest absolute Gasteiger partial charge is 0.317 e. The van der Waals surface area contributed by atoms with Gasteiger partial charge in [-0.05, 0) is 47.9 Å². The van der Waals surface area contributed by atoms with Gasteiger partial charge >= 0.3 is 5.97 Å². The maximum atomic E-state index is 12.6. The second-order valence-electron chi connectivity index (χ2n) is 5.11. The minimum atomic E-state index is -0.720. The van der Waals surface area contributed by atoms with Crippen LogP contribution in [0, 0.1) is 5.92 Å². The summed E-state index contributed by atoms with van der Waals surface area (Å²) in [5, 5.41) is 3.98. The Kier molecular flexibility index (Phi) is 4.55. The average Bonchev–Trinajstić information content (AvgIpc) is 3.20. The van der Waals surface area contributed by atoms with Crippen LogP contribution in [0.25, 0.3) is 5.57 Å².